The van der Waals surface area contributed by atoms with Crippen molar-refractivity contribution in [3.8, 4) is 0 Å². The summed E-state index contributed by atoms with van der Waals surface area (Å²) in [5.74, 6) is -1.81. The second-order valence-corrected chi connectivity index (χ2v) is 2.64. The van der Waals surface area contributed by atoms with E-state index in [9.17, 15) is 8.60 Å². The van der Waals surface area contributed by atoms with Crippen LogP contribution in [0.15, 0.2) is 0 Å². The maximum absolute atomic E-state index is 12.6. The number of alkyl halides is 1. The SMILES string of the molecule is O=S(O)OC1(F)CCC1. The Balaban J connectivity index is 2.33. The Morgan fingerprint density at radius 3 is 2.33 bits per heavy atom. The van der Waals surface area contributed by atoms with Gasteiger partial charge in [0.15, 0.2) is 0 Å². The molecule has 1 saturated carbocycles. The van der Waals surface area contributed by atoms with E-state index in [2.05, 4.69) is 4.18 Å². The summed E-state index contributed by atoms with van der Waals surface area (Å²) in [5.41, 5.74) is 0. The van der Waals surface area contributed by atoms with Crippen LogP contribution in [0.1, 0.15) is 19.3 Å². The highest BCUT2D eigenvalue weighted by Gasteiger charge is 2.40. The van der Waals surface area contributed by atoms with Gasteiger partial charge in [-0.05, 0) is 6.42 Å². The fourth-order valence-corrected chi connectivity index (χ4v) is 1.09. The second-order valence-electron chi connectivity index (χ2n) is 2.04. The highest BCUT2D eigenvalue weighted by molar-refractivity contribution is 7.74. The summed E-state index contributed by atoms with van der Waals surface area (Å²) >= 11 is -2.46. The Hall–Kier alpha value is -0.0000000000000000555. The van der Waals surface area contributed by atoms with E-state index >= 15 is 0 Å². The first-order valence-electron chi connectivity index (χ1n) is 2.62. The summed E-state index contributed by atoms with van der Waals surface area (Å²) in [5, 5.41) is 0. The molecule has 1 atom stereocenters. The molecule has 0 spiro atoms. The number of hydrogen-bond acceptors (Lipinski definition) is 2. The van der Waals surface area contributed by atoms with Gasteiger partial charge in [-0.1, -0.05) is 0 Å². The minimum atomic E-state index is -2.46. The Kier molecular flexibility index (Phi) is 1.83. The van der Waals surface area contributed by atoms with Gasteiger partial charge in [0.05, 0.1) is 0 Å². The molecule has 54 valence electrons. The highest BCUT2D eigenvalue weighted by atomic mass is 32.2. The second kappa shape index (κ2) is 2.32. The lowest BCUT2D eigenvalue weighted by Gasteiger charge is -2.30. The van der Waals surface area contributed by atoms with Crippen molar-refractivity contribution in [2.24, 2.45) is 0 Å². The van der Waals surface area contributed by atoms with Crippen LogP contribution in [-0.4, -0.2) is 14.6 Å². The molecule has 0 aromatic rings. The molecule has 0 saturated heterocycles. The molecule has 1 N–H and O–H groups in total. The van der Waals surface area contributed by atoms with Gasteiger partial charge in [0.1, 0.15) is 0 Å². The van der Waals surface area contributed by atoms with Crippen LogP contribution >= 0.6 is 0 Å². The van der Waals surface area contributed by atoms with Crippen LogP contribution in [0.5, 0.6) is 0 Å². The normalized spacial score (nSPS) is 26.9. The molecule has 0 radical (unpaired) electrons. The third kappa shape index (κ3) is 1.70. The van der Waals surface area contributed by atoms with Crippen LogP contribution in [0, 0.1) is 0 Å². The molecule has 1 fully saturated rings. The third-order valence-electron chi connectivity index (χ3n) is 1.32. The minimum Gasteiger partial charge on any atom is -0.284 e. The van der Waals surface area contributed by atoms with Gasteiger partial charge in [-0.25, -0.2) is 8.57 Å². The lowest BCUT2D eigenvalue weighted by molar-refractivity contribution is -0.120. The monoisotopic (exact) mass is 154 g/mol. The Morgan fingerprint density at radius 1 is 1.67 bits per heavy atom. The average Bonchev–Trinajstić information content (AvgIpc) is 1.60. The van der Waals surface area contributed by atoms with Crippen molar-refractivity contribution in [1.29, 1.82) is 0 Å². The molecule has 1 aliphatic rings. The van der Waals surface area contributed by atoms with Crippen molar-refractivity contribution in [2.45, 2.75) is 25.1 Å². The van der Waals surface area contributed by atoms with Crippen molar-refractivity contribution < 1.29 is 17.3 Å². The maximum atomic E-state index is 12.6. The summed E-state index contributed by atoms with van der Waals surface area (Å²) in [4.78, 5) is 0. The van der Waals surface area contributed by atoms with Crippen LogP contribution in [0.4, 0.5) is 4.39 Å². The van der Waals surface area contributed by atoms with Crippen molar-refractivity contribution in [1.82, 2.24) is 0 Å². The van der Waals surface area contributed by atoms with E-state index in [0.29, 0.717) is 0 Å². The number of rotatable bonds is 2. The van der Waals surface area contributed by atoms with Crippen LogP contribution in [-0.2, 0) is 15.5 Å². The number of halogens is 1. The molecule has 1 unspecified atom stereocenters. The Bertz CT molecular complexity index is 134. The molecule has 5 heteroatoms. The molecular formula is C4H7FO3S. The van der Waals surface area contributed by atoms with E-state index < -0.39 is 17.2 Å². The maximum Gasteiger partial charge on any atom is 0.304 e. The number of hydrogen-bond donors (Lipinski definition) is 1. The zero-order chi connectivity index (χ0) is 6.91. The zero-order valence-electron chi connectivity index (χ0n) is 4.67. The predicted octanol–water partition coefficient (Wildman–Crippen LogP) is 0.989. The minimum absolute atomic E-state index is 0.235. The molecular weight excluding hydrogens is 147 g/mol. The average molecular weight is 154 g/mol. The standard InChI is InChI=1S/C4H7FO3S/c5-4(2-1-3-4)8-9(6)7/h1-3H2,(H,6,7). The summed E-state index contributed by atoms with van der Waals surface area (Å²) in [7, 11) is 0. The van der Waals surface area contributed by atoms with Crippen LogP contribution < -0.4 is 0 Å². The zero-order valence-corrected chi connectivity index (χ0v) is 5.49. The van der Waals surface area contributed by atoms with E-state index in [0.717, 1.165) is 6.42 Å². The molecule has 1 aliphatic carbocycles. The molecule has 1 rings (SSSR count). The first-order valence-corrected chi connectivity index (χ1v) is 3.65. The van der Waals surface area contributed by atoms with Gasteiger partial charge >= 0.3 is 11.4 Å². The van der Waals surface area contributed by atoms with E-state index in [1.54, 1.807) is 0 Å². The van der Waals surface area contributed by atoms with Crippen LogP contribution in [0.25, 0.3) is 0 Å². The summed E-state index contributed by atoms with van der Waals surface area (Å²) in [6.07, 6.45) is 1.20. The fourth-order valence-electron chi connectivity index (χ4n) is 0.666. The molecule has 0 aromatic carbocycles. The lowest BCUT2D eigenvalue weighted by Crippen LogP contribution is -2.35. The van der Waals surface area contributed by atoms with Gasteiger partial charge in [0.25, 0.3) is 0 Å². The molecule has 0 bridgehead atoms. The van der Waals surface area contributed by atoms with Gasteiger partial charge in [-0.3, -0.25) is 4.55 Å². The first kappa shape index (κ1) is 7.11. The predicted molar refractivity (Wildman–Crippen MR) is 29.5 cm³/mol. The van der Waals surface area contributed by atoms with E-state index in [1.165, 1.54) is 0 Å². The topological polar surface area (TPSA) is 46.5 Å². The van der Waals surface area contributed by atoms with E-state index in [4.69, 9.17) is 4.55 Å². The molecule has 0 aliphatic heterocycles. The summed E-state index contributed by atoms with van der Waals surface area (Å²) in [6, 6.07) is 0. The van der Waals surface area contributed by atoms with Gasteiger partial charge in [-0.15, -0.1) is 0 Å². The van der Waals surface area contributed by atoms with Gasteiger partial charge < -0.3 is 0 Å². The van der Waals surface area contributed by atoms with Gasteiger partial charge in [-0.2, -0.15) is 4.21 Å². The van der Waals surface area contributed by atoms with E-state index in [-0.39, 0.29) is 12.8 Å². The fraction of sp³-hybridized carbons (Fsp3) is 1.00. The smallest absolute Gasteiger partial charge is 0.284 e. The van der Waals surface area contributed by atoms with Crippen molar-refractivity contribution >= 4 is 11.4 Å². The van der Waals surface area contributed by atoms with Gasteiger partial charge in [0.2, 0.25) is 5.85 Å². The molecule has 9 heavy (non-hydrogen) atoms. The largest absolute Gasteiger partial charge is 0.304 e. The van der Waals surface area contributed by atoms with Crippen molar-refractivity contribution in [3.63, 3.8) is 0 Å². The molecule has 0 amide bonds. The summed E-state index contributed by atoms with van der Waals surface area (Å²) in [6.45, 7) is 0. The lowest BCUT2D eigenvalue weighted by atomic mass is 9.94. The van der Waals surface area contributed by atoms with Crippen molar-refractivity contribution in [3.05, 3.63) is 0 Å². The highest BCUT2D eigenvalue weighted by Crippen LogP contribution is 2.37. The molecule has 0 aromatic heterocycles. The van der Waals surface area contributed by atoms with Gasteiger partial charge in [0, 0.05) is 12.8 Å². The van der Waals surface area contributed by atoms with E-state index in [1.807, 2.05) is 0 Å². The van der Waals surface area contributed by atoms with Crippen LogP contribution in [0.3, 0.4) is 0 Å². The Morgan fingerprint density at radius 2 is 2.22 bits per heavy atom. The summed E-state index contributed by atoms with van der Waals surface area (Å²) < 4.78 is 34.5. The van der Waals surface area contributed by atoms with Crippen molar-refractivity contribution in [2.75, 3.05) is 0 Å². The molecule has 3 nitrogen and oxygen atoms in total. The van der Waals surface area contributed by atoms with Crippen LogP contribution in [0.2, 0.25) is 0 Å². The quantitative estimate of drug-likeness (QED) is 0.603. The third-order valence-corrected chi connectivity index (χ3v) is 1.76. The first-order chi connectivity index (χ1) is 4.12. The molecule has 0 heterocycles. The Labute approximate surface area is 54.7 Å².